The molecule has 0 bridgehead atoms. The SMILES string of the molecule is CC(C)Oc1nc(N)nc(Cc2nc(C(C)(C)C)cs2)n1. The Balaban J connectivity index is 2.19. The van der Waals surface area contributed by atoms with Gasteiger partial charge in [0.25, 0.3) is 0 Å². The third-order valence-corrected chi connectivity index (χ3v) is 3.50. The minimum absolute atomic E-state index is 0.00740. The van der Waals surface area contributed by atoms with Crippen molar-refractivity contribution in [2.45, 2.75) is 52.6 Å². The molecule has 21 heavy (non-hydrogen) atoms. The summed E-state index contributed by atoms with van der Waals surface area (Å²) in [5.41, 5.74) is 6.82. The predicted molar refractivity (Wildman–Crippen MR) is 83.6 cm³/mol. The average molecular weight is 307 g/mol. The first-order valence-electron chi connectivity index (χ1n) is 6.86. The van der Waals surface area contributed by atoms with E-state index in [2.05, 4.69) is 46.1 Å². The Kier molecular flexibility index (Phi) is 4.41. The summed E-state index contributed by atoms with van der Waals surface area (Å²) in [6.07, 6.45) is 0.522. The van der Waals surface area contributed by atoms with Crippen LogP contribution in [0.5, 0.6) is 6.01 Å². The number of nitrogens with two attached hydrogens (primary N) is 1. The molecule has 0 saturated carbocycles. The average Bonchev–Trinajstić information content (AvgIpc) is 2.75. The Morgan fingerprint density at radius 3 is 2.48 bits per heavy atom. The van der Waals surface area contributed by atoms with E-state index in [0.717, 1.165) is 10.7 Å². The van der Waals surface area contributed by atoms with Crippen LogP contribution >= 0.6 is 11.3 Å². The summed E-state index contributed by atoms with van der Waals surface area (Å²) in [5, 5.41) is 3.03. The van der Waals surface area contributed by atoms with Crippen molar-refractivity contribution in [2.24, 2.45) is 0 Å². The Bertz CT molecular complexity index is 618. The maximum absolute atomic E-state index is 5.70. The zero-order chi connectivity index (χ0) is 15.6. The lowest BCUT2D eigenvalue weighted by Gasteiger charge is -2.14. The zero-order valence-corrected chi connectivity index (χ0v) is 13.9. The molecule has 114 valence electrons. The van der Waals surface area contributed by atoms with Crippen molar-refractivity contribution < 1.29 is 4.74 Å². The fraction of sp³-hybridized carbons (Fsp3) is 0.571. The molecule has 0 amide bonds. The number of anilines is 1. The molecule has 2 aromatic rings. The molecule has 0 spiro atoms. The van der Waals surface area contributed by atoms with Gasteiger partial charge in [-0.3, -0.25) is 0 Å². The highest BCUT2D eigenvalue weighted by Gasteiger charge is 2.18. The molecule has 2 aromatic heterocycles. The molecule has 2 heterocycles. The van der Waals surface area contributed by atoms with E-state index < -0.39 is 0 Å². The van der Waals surface area contributed by atoms with Crippen molar-refractivity contribution in [1.29, 1.82) is 0 Å². The van der Waals surface area contributed by atoms with Gasteiger partial charge in [0.2, 0.25) is 5.95 Å². The van der Waals surface area contributed by atoms with Crippen molar-refractivity contribution in [1.82, 2.24) is 19.9 Å². The van der Waals surface area contributed by atoms with Crippen LogP contribution in [0.15, 0.2) is 5.38 Å². The molecule has 0 aliphatic rings. The van der Waals surface area contributed by atoms with Crippen LogP contribution < -0.4 is 10.5 Å². The standard InChI is InChI=1S/C14H21N5OS/c1-8(2)20-13-18-10(17-12(15)19-13)6-11-16-9(7-21-11)14(3,4)5/h7-8H,6H2,1-5H3,(H2,15,17,18,19). The van der Waals surface area contributed by atoms with E-state index in [0.29, 0.717) is 12.2 Å². The van der Waals surface area contributed by atoms with Crippen LogP contribution in [0, 0.1) is 0 Å². The second-order valence-electron chi connectivity index (χ2n) is 6.11. The lowest BCUT2D eigenvalue weighted by Crippen LogP contribution is -2.13. The van der Waals surface area contributed by atoms with Crippen molar-refractivity contribution >= 4 is 17.3 Å². The summed E-state index contributed by atoms with van der Waals surface area (Å²) in [5.74, 6) is 0.746. The van der Waals surface area contributed by atoms with Crippen LogP contribution in [-0.2, 0) is 11.8 Å². The summed E-state index contributed by atoms with van der Waals surface area (Å²) in [4.78, 5) is 17.0. The van der Waals surface area contributed by atoms with Crippen molar-refractivity contribution in [2.75, 3.05) is 5.73 Å². The maximum Gasteiger partial charge on any atom is 0.321 e. The number of hydrogen-bond acceptors (Lipinski definition) is 7. The molecule has 0 unspecified atom stereocenters. The van der Waals surface area contributed by atoms with Gasteiger partial charge in [0.15, 0.2) is 0 Å². The summed E-state index contributed by atoms with van der Waals surface area (Å²) < 4.78 is 5.47. The van der Waals surface area contributed by atoms with Gasteiger partial charge in [-0.2, -0.15) is 15.0 Å². The van der Waals surface area contributed by atoms with E-state index in [1.165, 1.54) is 0 Å². The van der Waals surface area contributed by atoms with Crippen LogP contribution in [0.1, 0.15) is 51.1 Å². The van der Waals surface area contributed by atoms with Gasteiger partial charge in [0, 0.05) is 10.8 Å². The fourth-order valence-corrected chi connectivity index (χ4v) is 2.65. The van der Waals surface area contributed by atoms with Gasteiger partial charge in [0.1, 0.15) is 10.8 Å². The van der Waals surface area contributed by atoms with Crippen LogP contribution in [0.3, 0.4) is 0 Å². The molecular weight excluding hydrogens is 286 g/mol. The minimum Gasteiger partial charge on any atom is -0.461 e. The molecule has 0 fully saturated rings. The van der Waals surface area contributed by atoms with E-state index in [-0.39, 0.29) is 23.5 Å². The number of nitrogen functional groups attached to an aromatic ring is 1. The van der Waals surface area contributed by atoms with Crippen LogP contribution in [0.4, 0.5) is 5.95 Å². The normalized spacial score (nSPS) is 11.9. The van der Waals surface area contributed by atoms with E-state index in [1.54, 1.807) is 11.3 Å². The Morgan fingerprint density at radius 2 is 1.90 bits per heavy atom. The van der Waals surface area contributed by atoms with Gasteiger partial charge in [-0.25, -0.2) is 4.98 Å². The first-order valence-corrected chi connectivity index (χ1v) is 7.74. The third kappa shape index (κ3) is 4.35. The molecule has 2 N–H and O–H groups in total. The Morgan fingerprint density at radius 1 is 1.19 bits per heavy atom. The van der Waals surface area contributed by atoms with Gasteiger partial charge < -0.3 is 10.5 Å². The minimum atomic E-state index is -0.00740. The molecule has 0 saturated heterocycles. The molecule has 0 aliphatic heterocycles. The molecule has 0 atom stereocenters. The topological polar surface area (TPSA) is 86.8 Å². The molecule has 0 aromatic carbocycles. The van der Waals surface area contributed by atoms with Gasteiger partial charge in [0.05, 0.1) is 18.2 Å². The van der Waals surface area contributed by atoms with E-state index in [1.807, 2.05) is 13.8 Å². The van der Waals surface area contributed by atoms with Crippen LogP contribution in [0.2, 0.25) is 0 Å². The summed E-state index contributed by atoms with van der Waals surface area (Å²) in [6.45, 7) is 10.2. The number of ether oxygens (including phenoxy) is 1. The van der Waals surface area contributed by atoms with Gasteiger partial charge in [-0.05, 0) is 13.8 Å². The quantitative estimate of drug-likeness (QED) is 0.934. The van der Waals surface area contributed by atoms with Gasteiger partial charge in [-0.1, -0.05) is 20.8 Å². The van der Waals surface area contributed by atoms with Crippen LogP contribution in [-0.4, -0.2) is 26.0 Å². The van der Waals surface area contributed by atoms with E-state index in [4.69, 9.17) is 10.5 Å². The molecular formula is C14H21N5OS. The monoisotopic (exact) mass is 307 g/mol. The van der Waals surface area contributed by atoms with Crippen molar-refractivity contribution in [3.05, 3.63) is 21.9 Å². The molecule has 0 aliphatic carbocycles. The molecule has 7 heteroatoms. The second kappa shape index (κ2) is 5.93. The van der Waals surface area contributed by atoms with E-state index >= 15 is 0 Å². The first kappa shape index (κ1) is 15.6. The lowest BCUT2D eigenvalue weighted by molar-refractivity contribution is 0.221. The zero-order valence-electron chi connectivity index (χ0n) is 13.0. The van der Waals surface area contributed by atoms with Crippen molar-refractivity contribution in [3.8, 4) is 6.01 Å². The number of rotatable bonds is 4. The number of nitrogens with zero attached hydrogens (tertiary/aromatic N) is 4. The Hall–Kier alpha value is -1.76. The summed E-state index contributed by atoms with van der Waals surface area (Å²) in [7, 11) is 0. The maximum atomic E-state index is 5.70. The highest BCUT2D eigenvalue weighted by atomic mass is 32.1. The number of thiazole rings is 1. The third-order valence-electron chi connectivity index (χ3n) is 2.65. The number of hydrogen-bond donors (Lipinski definition) is 1. The molecule has 6 nitrogen and oxygen atoms in total. The van der Waals surface area contributed by atoms with Gasteiger partial charge in [-0.15, -0.1) is 11.3 Å². The first-order chi connectivity index (χ1) is 9.74. The summed E-state index contributed by atoms with van der Waals surface area (Å²) in [6, 6.07) is 0.264. The number of aromatic nitrogens is 4. The fourth-order valence-electron chi connectivity index (χ4n) is 1.63. The highest BCUT2D eigenvalue weighted by molar-refractivity contribution is 7.09. The Labute approximate surface area is 128 Å². The predicted octanol–water partition coefficient (Wildman–Crippen LogP) is 2.59. The molecule has 0 radical (unpaired) electrons. The smallest absolute Gasteiger partial charge is 0.321 e. The largest absolute Gasteiger partial charge is 0.461 e. The molecule has 2 rings (SSSR count). The lowest BCUT2D eigenvalue weighted by atomic mass is 9.93. The second-order valence-corrected chi connectivity index (χ2v) is 7.05. The summed E-state index contributed by atoms with van der Waals surface area (Å²) >= 11 is 1.60. The van der Waals surface area contributed by atoms with E-state index in [9.17, 15) is 0 Å². The highest BCUT2D eigenvalue weighted by Crippen LogP contribution is 2.24. The van der Waals surface area contributed by atoms with Crippen molar-refractivity contribution in [3.63, 3.8) is 0 Å². The van der Waals surface area contributed by atoms with Gasteiger partial charge >= 0.3 is 6.01 Å². The van der Waals surface area contributed by atoms with Crippen LogP contribution in [0.25, 0.3) is 0 Å².